The molecule has 0 saturated carbocycles. The molecular formula is C30H29FN2O4. The maximum absolute atomic E-state index is 15.2. The molecule has 1 N–H and O–H groups in total. The van der Waals surface area contributed by atoms with Crippen LogP contribution in [-0.2, 0) is 9.59 Å². The Morgan fingerprint density at radius 2 is 1.62 bits per heavy atom. The predicted molar refractivity (Wildman–Crippen MR) is 142 cm³/mol. The Hall–Kier alpha value is -4.13. The number of carbonyl (C=O) groups is 2. The molecule has 2 saturated heterocycles. The quantitative estimate of drug-likeness (QED) is 0.277. The fraction of sp³-hybridized carbons (Fsp3) is 0.267. The second kappa shape index (κ2) is 9.73. The lowest BCUT2D eigenvalue weighted by Gasteiger charge is -2.27. The van der Waals surface area contributed by atoms with Crippen LogP contribution >= 0.6 is 0 Å². The van der Waals surface area contributed by atoms with E-state index >= 15 is 4.39 Å². The molecule has 190 valence electrons. The molecule has 0 spiro atoms. The minimum Gasteiger partial charge on any atom is -0.507 e. The molecule has 0 bridgehead atoms. The van der Waals surface area contributed by atoms with Crippen molar-refractivity contribution in [2.45, 2.75) is 32.7 Å². The number of methoxy groups -OCH3 is 1. The van der Waals surface area contributed by atoms with Gasteiger partial charge in [0.15, 0.2) is 0 Å². The maximum Gasteiger partial charge on any atom is 0.300 e. The number of aliphatic hydroxyl groups is 1. The molecule has 2 aliphatic rings. The third-order valence-corrected chi connectivity index (χ3v) is 7.12. The number of aliphatic hydroxyl groups excluding tert-OH is 1. The largest absolute Gasteiger partial charge is 0.507 e. The van der Waals surface area contributed by atoms with Crippen molar-refractivity contribution in [2.75, 3.05) is 30.0 Å². The van der Waals surface area contributed by atoms with E-state index in [0.717, 1.165) is 42.7 Å². The predicted octanol–water partition coefficient (Wildman–Crippen LogP) is 5.68. The van der Waals surface area contributed by atoms with E-state index in [1.54, 1.807) is 30.3 Å². The Morgan fingerprint density at radius 1 is 0.973 bits per heavy atom. The number of ether oxygens (including phenoxy) is 1. The van der Waals surface area contributed by atoms with Crippen LogP contribution in [0.1, 0.15) is 41.1 Å². The van der Waals surface area contributed by atoms with Crippen LogP contribution in [0.25, 0.3) is 5.76 Å². The number of carbonyl (C=O) groups excluding carboxylic acids is 2. The first-order valence-electron chi connectivity index (χ1n) is 12.4. The highest BCUT2D eigenvalue weighted by atomic mass is 19.1. The molecule has 37 heavy (non-hydrogen) atoms. The molecular weight excluding hydrogens is 471 g/mol. The van der Waals surface area contributed by atoms with Gasteiger partial charge in [0.25, 0.3) is 11.7 Å². The molecule has 6 nitrogen and oxygen atoms in total. The number of hydrogen-bond acceptors (Lipinski definition) is 5. The van der Waals surface area contributed by atoms with Gasteiger partial charge < -0.3 is 14.7 Å². The zero-order chi connectivity index (χ0) is 26.3. The molecule has 5 rings (SSSR count). The highest BCUT2D eigenvalue weighted by Crippen LogP contribution is 2.44. The second-order valence-electron chi connectivity index (χ2n) is 9.56. The van der Waals surface area contributed by atoms with Gasteiger partial charge in [-0.1, -0.05) is 24.3 Å². The van der Waals surface area contributed by atoms with E-state index in [-0.39, 0.29) is 16.7 Å². The first-order valence-corrected chi connectivity index (χ1v) is 12.4. The number of hydrogen-bond donors (Lipinski definition) is 1. The van der Waals surface area contributed by atoms with Gasteiger partial charge >= 0.3 is 0 Å². The fourth-order valence-electron chi connectivity index (χ4n) is 5.44. The van der Waals surface area contributed by atoms with Crippen LogP contribution in [0.3, 0.4) is 0 Å². The van der Waals surface area contributed by atoms with Gasteiger partial charge in [-0.25, -0.2) is 4.39 Å². The first kappa shape index (κ1) is 24.6. The van der Waals surface area contributed by atoms with E-state index < -0.39 is 29.3 Å². The summed E-state index contributed by atoms with van der Waals surface area (Å²) in [6, 6.07) is 15.8. The maximum atomic E-state index is 15.2. The van der Waals surface area contributed by atoms with E-state index in [2.05, 4.69) is 4.90 Å². The minimum atomic E-state index is -1.15. The van der Waals surface area contributed by atoms with Crippen LogP contribution in [0, 0.1) is 19.7 Å². The van der Waals surface area contributed by atoms with Gasteiger partial charge in [0.2, 0.25) is 0 Å². The monoisotopic (exact) mass is 500 g/mol. The van der Waals surface area contributed by atoms with E-state index in [1.165, 1.54) is 24.1 Å². The van der Waals surface area contributed by atoms with Gasteiger partial charge in [0.05, 0.1) is 24.3 Å². The smallest absolute Gasteiger partial charge is 0.300 e. The summed E-state index contributed by atoms with van der Waals surface area (Å²) >= 11 is 0. The number of ketones is 1. The summed E-state index contributed by atoms with van der Waals surface area (Å²) in [5.74, 6) is -2.29. The number of halogens is 1. The zero-order valence-electron chi connectivity index (χ0n) is 21.1. The molecule has 7 heteroatoms. The summed E-state index contributed by atoms with van der Waals surface area (Å²) in [6.07, 6.45) is 2.26. The van der Waals surface area contributed by atoms with Crippen molar-refractivity contribution < 1.29 is 23.8 Å². The Kier molecular flexibility index (Phi) is 6.46. The average Bonchev–Trinajstić information content (AvgIpc) is 3.51. The molecule has 1 amide bonds. The summed E-state index contributed by atoms with van der Waals surface area (Å²) in [4.78, 5) is 30.4. The lowest BCUT2D eigenvalue weighted by atomic mass is 9.93. The summed E-state index contributed by atoms with van der Waals surface area (Å²) in [5.41, 5.74) is 3.30. The van der Waals surface area contributed by atoms with Gasteiger partial charge in [0.1, 0.15) is 17.3 Å². The molecule has 2 heterocycles. The number of benzene rings is 3. The normalized spacial score (nSPS) is 19.1. The molecule has 3 aromatic rings. The van der Waals surface area contributed by atoms with Crippen LogP contribution in [0.5, 0.6) is 5.75 Å². The number of rotatable bonds is 5. The molecule has 2 fully saturated rings. The van der Waals surface area contributed by atoms with Crippen LogP contribution in [-0.4, -0.2) is 37.0 Å². The number of Topliss-reactive ketones (excluding diaryl/α,β-unsaturated/α-hetero) is 1. The standard InChI is InChI=1S/C30H29FN2O4/c1-18-16-19(2)29(37-3)23(17-18)27(34)25-26(22-8-4-5-9-24(22)31)33(30(36)28(25)35)21-12-10-20(11-13-21)32-14-6-7-15-32/h4-5,8-13,16-17,26,34H,6-7,14-15H2,1-3H3/b27-25+. The van der Waals surface area contributed by atoms with Gasteiger partial charge in [-0.15, -0.1) is 0 Å². The van der Waals surface area contributed by atoms with Crippen molar-refractivity contribution in [3.8, 4) is 5.75 Å². The first-order chi connectivity index (χ1) is 17.8. The van der Waals surface area contributed by atoms with E-state index in [0.29, 0.717) is 11.4 Å². The van der Waals surface area contributed by atoms with Crippen LogP contribution in [0.15, 0.2) is 66.2 Å². The second-order valence-corrected chi connectivity index (χ2v) is 9.56. The lowest BCUT2D eigenvalue weighted by molar-refractivity contribution is -0.132. The third kappa shape index (κ3) is 4.24. The number of amides is 1. The Morgan fingerprint density at radius 3 is 2.27 bits per heavy atom. The van der Waals surface area contributed by atoms with Gasteiger partial charge in [-0.2, -0.15) is 0 Å². The highest BCUT2D eigenvalue weighted by Gasteiger charge is 2.48. The molecule has 1 atom stereocenters. The van der Waals surface area contributed by atoms with E-state index in [1.807, 2.05) is 32.0 Å². The minimum absolute atomic E-state index is 0.121. The Balaban J connectivity index is 1.69. The van der Waals surface area contributed by atoms with Crippen LogP contribution in [0.2, 0.25) is 0 Å². The van der Waals surface area contributed by atoms with Crippen molar-refractivity contribution in [1.29, 1.82) is 0 Å². The van der Waals surface area contributed by atoms with E-state index in [4.69, 9.17) is 4.74 Å². The third-order valence-electron chi connectivity index (χ3n) is 7.12. The molecule has 2 aliphatic heterocycles. The van der Waals surface area contributed by atoms with Crippen molar-refractivity contribution in [2.24, 2.45) is 0 Å². The molecule has 1 unspecified atom stereocenters. The Labute approximate surface area is 215 Å². The van der Waals surface area contributed by atoms with Crippen molar-refractivity contribution >= 4 is 28.8 Å². The highest BCUT2D eigenvalue weighted by molar-refractivity contribution is 6.51. The van der Waals surface area contributed by atoms with Gasteiger partial charge in [0, 0.05) is 30.0 Å². The van der Waals surface area contributed by atoms with Crippen LogP contribution in [0.4, 0.5) is 15.8 Å². The average molecular weight is 501 g/mol. The number of aryl methyl sites for hydroxylation is 2. The molecule has 0 aliphatic carbocycles. The molecule has 0 radical (unpaired) electrons. The van der Waals surface area contributed by atoms with Gasteiger partial charge in [-0.05, 0) is 74.2 Å². The van der Waals surface area contributed by atoms with Crippen molar-refractivity contribution in [1.82, 2.24) is 0 Å². The van der Waals surface area contributed by atoms with E-state index in [9.17, 15) is 14.7 Å². The number of nitrogens with zero attached hydrogens (tertiary/aromatic N) is 2. The van der Waals surface area contributed by atoms with Crippen molar-refractivity contribution in [3.05, 3.63) is 94.3 Å². The van der Waals surface area contributed by atoms with Crippen molar-refractivity contribution in [3.63, 3.8) is 0 Å². The summed E-state index contributed by atoms with van der Waals surface area (Å²) in [5, 5.41) is 11.5. The zero-order valence-corrected chi connectivity index (χ0v) is 21.1. The summed E-state index contributed by atoms with van der Waals surface area (Å²) < 4.78 is 20.7. The SMILES string of the molecule is COc1c(C)cc(C)cc1/C(O)=C1\C(=O)C(=O)N(c2ccc(N3CCCC3)cc2)C1c1ccccc1F. The molecule has 0 aromatic heterocycles. The molecule has 3 aromatic carbocycles. The fourth-order valence-corrected chi connectivity index (χ4v) is 5.44. The number of anilines is 2. The summed E-state index contributed by atoms with van der Waals surface area (Å²) in [6.45, 7) is 5.63. The van der Waals surface area contributed by atoms with Crippen LogP contribution < -0.4 is 14.5 Å². The Bertz CT molecular complexity index is 1410. The summed E-state index contributed by atoms with van der Waals surface area (Å²) in [7, 11) is 1.48. The topological polar surface area (TPSA) is 70.1 Å². The lowest BCUT2D eigenvalue weighted by Crippen LogP contribution is -2.30. The van der Waals surface area contributed by atoms with Gasteiger partial charge in [-0.3, -0.25) is 14.5 Å².